The summed E-state index contributed by atoms with van der Waals surface area (Å²) < 4.78 is 13.1. The molecule has 0 aliphatic rings. The van der Waals surface area contributed by atoms with Gasteiger partial charge in [-0.15, -0.1) is 11.3 Å². The Labute approximate surface area is 145 Å². The van der Waals surface area contributed by atoms with Crippen LogP contribution in [0.25, 0.3) is 22.6 Å². The number of carbonyl (C=O) groups excluding carboxylic acids is 1. The standard InChI is InChI=1S/C17H12FN5OS/c18-11-5-3-10(4-6-11)15-12(8-20-23-15)16(24)22-17-21-14(9-25-17)13-2-1-7-19-13/h1-9,19H,(H,20,23)(H,21,22,24). The topological polar surface area (TPSA) is 86.5 Å². The molecule has 3 heterocycles. The van der Waals surface area contributed by atoms with E-state index in [0.29, 0.717) is 22.0 Å². The number of aromatic amines is 2. The highest BCUT2D eigenvalue weighted by molar-refractivity contribution is 7.14. The first-order valence-electron chi connectivity index (χ1n) is 7.40. The summed E-state index contributed by atoms with van der Waals surface area (Å²) in [6.07, 6.45) is 3.25. The zero-order valence-corrected chi connectivity index (χ0v) is 13.6. The molecule has 0 spiro atoms. The van der Waals surface area contributed by atoms with E-state index in [9.17, 15) is 9.18 Å². The predicted octanol–water partition coefficient (Wildman–Crippen LogP) is 3.92. The maximum atomic E-state index is 13.1. The van der Waals surface area contributed by atoms with Gasteiger partial charge in [-0.1, -0.05) is 0 Å². The van der Waals surface area contributed by atoms with Crippen molar-refractivity contribution in [3.8, 4) is 22.6 Å². The first kappa shape index (κ1) is 15.3. The Morgan fingerprint density at radius 3 is 2.80 bits per heavy atom. The summed E-state index contributed by atoms with van der Waals surface area (Å²) >= 11 is 1.33. The normalized spacial score (nSPS) is 10.8. The minimum Gasteiger partial charge on any atom is -0.360 e. The van der Waals surface area contributed by atoms with Crippen molar-refractivity contribution in [3.63, 3.8) is 0 Å². The number of nitrogens with zero attached hydrogens (tertiary/aromatic N) is 2. The molecular weight excluding hydrogens is 341 g/mol. The number of halogens is 1. The zero-order chi connectivity index (χ0) is 17.2. The molecule has 3 aromatic heterocycles. The number of nitrogens with one attached hydrogen (secondary N) is 3. The summed E-state index contributed by atoms with van der Waals surface area (Å²) in [7, 11) is 0. The Morgan fingerprint density at radius 1 is 1.20 bits per heavy atom. The van der Waals surface area contributed by atoms with E-state index >= 15 is 0 Å². The summed E-state index contributed by atoms with van der Waals surface area (Å²) in [5.74, 6) is -0.672. The molecule has 0 aliphatic heterocycles. The van der Waals surface area contributed by atoms with Crippen LogP contribution in [0.2, 0.25) is 0 Å². The second kappa shape index (κ2) is 6.33. The lowest BCUT2D eigenvalue weighted by molar-refractivity contribution is 0.102. The molecule has 0 unspecified atom stereocenters. The summed E-state index contributed by atoms with van der Waals surface area (Å²) in [6, 6.07) is 9.64. The van der Waals surface area contributed by atoms with Crippen LogP contribution in [-0.2, 0) is 0 Å². The van der Waals surface area contributed by atoms with Gasteiger partial charge in [0.1, 0.15) is 5.82 Å². The third-order valence-electron chi connectivity index (χ3n) is 3.62. The molecule has 0 atom stereocenters. The number of hydrogen-bond donors (Lipinski definition) is 3. The van der Waals surface area contributed by atoms with Gasteiger partial charge in [-0.05, 0) is 36.4 Å². The molecule has 4 aromatic rings. The van der Waals surface area contributed by atoms with E-state index in [2.05, 4.69) is 25.5 Å². The Hall–Kier alpha value is -3.26. The number of hydrogen-bond acceptors (Lipinski definition) is 4. The fourth-order valence-electron chi connectivity index (χ4n) is 2.40. The number of amides is 1. The van der Waals surface area contributed by atoms with Crippen LogP contribution in [-0.4, -0.2) is 26.1 Å². The van der Waals surface area contributed by atoms with Gasteiger partial charge in [0.2, 0.25) is 0 Å². The minimum absolute atomic E-state index is 0.333. The van der Waals surface area contributed by atoms with Gasteiger partial charge < -0.3 is 4.98 Å². The second-order valence-corrected chi connectivity index (χ2v) is 6.10. The maximum absolute atomic E-state index is 13.1. The maximum Gasteiger partial charge on any atom is 0.261 e. The summed E-state index contributed by atoms with van der Waals surface area (Å²) in [6.45, 7) is 0. The van der Waals surface area contributed by atoms with Gasteiger partial charge in [0.05, 0.1) is 28.8 Å². The quantitative estimate of drug-likeness (QED) is 0.520. The monoisotopic (exact) mass is 353 g/mol. The fourth-order valence-corrected chi connectivity index (χ4v) is 3.11. The van der Waals surface area contributed by atoms with Crippen molar-refractivity contribution < 1.29 is 9.18 Å². The molecule has 0 aliphatic carbocycles. The van der Waals surface area contributed by atoms with Gasteiger partial charge >= 0.3 is 0 Å². The van der Waals surface area contributed by atoms with Crippen LogP contribution in [0.4, 0.5) is 9.52 Å². The van der Waals surface area contributed by atoms with E-state index in [1.165, 1.54) is 29.7 Å². The van der Waals surface area contributed by atoms with Gasteiger partial charge in [0.25, 0.3) is 5.91 Å². The van der Waals surface area contributed by atoms with Gasteiger partial charge in [-0.3, -0.25) is 15.2 Å². The molecular formula is C17H12FN5OS. The third kappa shape index (κ3) is 3.07. The predicted molar refractivity (Wildman–Crippen MR) is 93.8 cm³/mol. The first-order chi connectivity index (χ1) is 12.2. The SMILES string of the molecule is O=C(Nc1nc(-c2ccc[nH]2)cs1)c1cn[nH]c1-c1ccc(F)cc1. The molecule has 0 saturated heterocycles. The van der Waals surface area contributed by atoms with Crippen molar-refractivity contribution >= 4 is 22.4 Å². The van der Waals surface area contributed by atoms with Crippen molar-refractivity contribution in [3.05, 3.63) is 65.6 Å². The lowest BCUT2D eigenvalue weighted by Gasteiger charge is -2.03. The number of aromatic nitrogens is 4. The smallest absolute Gasteiger partial charge is 0.261 e. The average molecular weight is 353 g/mol. The molecule has 4 rings (SSSR count). The molecule has 3 N–H and O–H groups in total. The summed E-state index contributed by atoms with van der Waals surface area (Å²) in [4.78, 5) is 20.0. The first-order valence-corrected chi connectivity index (χ1v) is 8.28. The molecule has 25 heavy (non-hydrogen) atoms. The highest BCUT2D eigenvalue weighted by atomic mass is 32.1. The molecule has 0 bridgehead atoms. The van der Waals surface area contributed by atoms with E-state index in [-0.39, 0.29) is 11.7 Å². The number of rotatable bonds is 4. The highest BCUT2D eigenvalue weighted by Gasteiger charge is 2.17. The van der Waals surface area contributed by atoms with Crippen molar-refractivity contribution in [1.29, 1.82) is 0 Å². The van der Waals surface area contributed by atoms with Crippen molar-refractivity contribution in [2.45, 2.75) is 0 Å². The number of benzene rings is 1. The number of anilines is 1. The van der Waals surface area contributed by atoms with Gasteiger partial charge in [0.15, 0.2) is 5.13 Å². The molecule has 124 valence electrons. The lowest BCUT2D eigenvalue weighted by Crippen LogP contribution is -2.12. The van der Waals surface area contributed by atoms with Crippen molar-refractivity contribution in [2.75, 3.05) is 5.32 Å². The van der Waals surface area contributed by atoms with Crippen molar-refractivity contribution in [2.24, 2.45) is 0 Å². The second-order valence-electron chi connectivity index (χ2n) is 5.24. The Bertz CT molecular complexity index is 1000. The van der Waals surface area contributed by atoms with E-state index < -0.39 is 0 Å². The largest absolute Gasteiger partial charge is 0.360 e. The van der Waals surface area contributed by atoms with E-state index in [1.54, 1.807) is 12.1 Å². The number of H-pyrrole nitrogens is 2. The van der Waals surface area contributed by atoms with Crippen LogP contribution in [0.1, 0.15) is 10.4 Å². The molecule has 0 fully saturated rings. The summed E-state index contributed by atoms with van der Waals surface area (Å²) in [5, 5.41) is 11.8. The van der Waals surface area contributed by atoms with Gasteiger partial charge in [0, 0.05) is 17.1 Å². The Kier molecular flexibility index (Phi) is 3.87. The molecule has 1 amide bonds. The molecule has 6 nitrogen and oxygen atoms in total. The van der Waals surface area contributed by atoms with Gasteiger partial charge in [-0.25, -0.2) is 9.37 Å². The van der Waals surface area contributed by atoms with Gasteiger partial charge in [-0.2, -0.15) is 5.10 Å². The molecule has 8 heteroatoms. The molecule has 0 saturated carbocycles. The van der Waals surface area contributed by atoms with Crippen LogP contribution in [0, 0.1) is 5.82 Å². The zero-order valence-electron chi connectivity index (χ0n) is 12.8. The molecule has 1 aromatic carbocycles. The Balaban J connectivity index is 1.56. The molecule has 0 radical (unpaired) electrons. The Morgan fingerprint density at radius 2 is 2.04 bits per heavy atom. The van der Waals surface area contributed by atoms with E-state index in [1.807, 2.05) is 23.7 Å². The average Bonchev–Trinajstić information content (AvgIpc) is 3.36. The number of carbonyl (C=O) groups is 1. The minimum atomic E-state index is -0.339. The van der Waals surface area contributed by atoms with Crippen LogP contribution >= 0.6 is 11.3 Å². The van der Waals surface area contributed by atoms with E-state index in [0.717, 1.165) is 11.4 Å². The third-order valence-corrected chi connectivity index (χ3v) is 4.37. The van der Waals surface area contributed by atoms with Crippen LogP contribution in [0.15, 0.2) is 54.2 Å². The fraction of sp³-hybridized carbons (Fsp3) is 0. The van der Waals surface area contributed by atoms with Crippen LogP contribution in [0.3, 0.4) is 0 Å². The van der Waals surface area contributed by atoms with Crippen LogP contribution < -0.4 is 5.32 Å². The van der Waals surface area contributed by atoms with Crippen LogP contribution in [0.5, 0.6) is 0 Å². The number of thiazole rings is 1. The van der Waals surface area contributed by atoms with Crippen molar-refractivity contribution in [1.82, 2.24) is 20.2 Å². The summed E-state index contributed by atoms with van der Waals surface area (Å²) in [5.41, 5.74) is 3.21. The van der Waals surface area contributed by atoms with E-state index in [4.69, 9.17) is 0 Å². The highest BCUT2D eigenvalue weighted by Crippen LogP contribution is 2.26. The lowest BCUT2D eigenvalue weighted by atomic mass is 10.1.